The van der Waals surface area contributed by atoms with Crippen LogP contribution in [0, 0.1) is 10.1 Å². The Morgan fingerprint density at radius 2 is 1.68 bits per heavy atom. The molecular formula is C20H13N5O2S. The number of nitro groups is 1. The Morgan fingerprint density at radius 1 is 0.929 bits per heavy atom. The molecule has 0 spiro atoms. The lowest BCUT2D eigenvalue weighted by Gasteiger charge is -2.14. The van der Waals surface area contributed by atoms with Crippen LogP contribution in [-0.4, -0.2) is 31.3 Å². The zero-order valence-corrected chi connectivity index (χ0v) is 15.3. The average Bonchev–Trinajstić information content (AvgIpc) is 3.16. The number of benzene rings is 3. The van der Waals surface area contributed by atoms with Crippen molar-refractivity contribution >= 4 is 33.9 Å². The quantitative estimate of drug-likeness (QED) is 0.385. The van der Waals surface area contributed by atoms with Crippen LogP contribution in [0.4, 0.5) is 5.69 Å². The van der Waals surface area contributed by atoms with Gasteiger partial charge in [0.1, 0.15) is 0 Å². The summed E-state index contributed by atoms with van der Waals surface area (Å²) in [5, 5.41) is 27.2. The van der Waals surface area contributed by atoms with Gasteiger partial charge in [0.2, 0.25) is 5.16 Å². The minimum atomic E-state index is -0.406. The molecule has 0 saturated carbocycles. The van der Waals surface area contributed by atoms with Crippen molar-refractivity contribution in [1.82, 2.24) is 14.9 Å². The number of non-ortho nitro benzene ring substituents is 1. The number of aromatic nitrogens is 3. The maximum atomic E-state index is 10.9. The molecule has 136 valence electrons. The lowest BCUT2D eigenvalue weighted by atomic mass is 10.1. The summed E-state index contributed by atoms with van der Waals surface area (Å²) >= 11 is 1.55. The topological polar surface area (TPSA) is 86.2 Å². The lowest BCUT2D eigenvalue weighted by molar-refractivity contribution is -0.384. The van der Waals surface area contributed by atoms with Crippen LogP contribution in [0.5, 0.6) is 0 Å². The highest BCUT2D eigenvalue weighted by atomic mass is 32.2. The third kappa shape index (κ3) is 2.84. The Labute approximate surface area is 163 Å². The van der Waals surface area contributed by atoms with Gasteiger partial charge in [-0.25, -0.2) is 0 Å². The van der Waals surface area contributed by atoms with Crippen LogP contribution < -0.4 is 0 Å². The van der Waals surface area contributed by atoms with Crippen LogP contribution >= 0.6 is 11.8 Å². The second kappa shape index (κ2) is 6.58. The van der Waals surface area contributed by atoms with Crippen LogP contribution in [0.15, 0.2) is 77.0 Å². The van der Waals surface area contributed by atoms with E-state index in [1.807, 2.05) is 18.2 Å². The third-order valence-corrected chi connectivity index (χ3v) is 5.52. The number of hydrogen-bond donors (Lipinski definition) is 0. The van der Waals surface area contributed by atoms with Crippen molar-refractivity contribution in [3.8, 4) is 11.4 Å². The Kier molecular flexibility index (Phi) is 3.91. The van der Waals surface area contributed by atoms with Gasteiger partial charge in [0.15, 0.2) is 5.82 Å². The fourth-order valence-electron chi connectivity index (χ4n) is 3.15. The second-order valence-electron chi connectivity index (χ2n) is 6.32. The summed E-state index contributed by atoms with van der Waals surface area (Å²) in [6, 6.07) is 20.7. The monoisotopic (exact) mass is 387 g/mol. The molecule has 0 atom stereocenters. The molecule has 0 fully saturated rings. The van der Waals surface area contributed by atoms with E-state index in [9.17, 15) is 10.1 Å². The SMILES string of the molecule is O=[N+]([O-])c1ccc(C2=Nn3c(nnc3-c3ccc4ccccc4c3)SC2)cc1. The van der Waals surface area contributed by atoms with E-state index in [1.54, 1.807) is 28.6 Å². The van der Waals surface area contributed by atoms with Gasteiger partial charge in [-0.2, -0.15) is 9.78 Å². The summed E-state index contributed by atoms with van der Waals surface area (Å²) in [4.78, 5) is 10.5. The van der Waals surface area contributed by atoms with E-state index < -0.39 is 4.92 Å². The van der Waals surface area contributed by atoms with Crippen molar-refractivity contribution in [3.05, 3.63) is 82.4 Å². The predicted octanol–water partition coefficient (Wildman–Crippen LogP) is 4.36. The average molecular weight is 387 g/mol. The molecule has 3 aromatic carbocycles. The molecule has 1 aliphatic heterocycles. The van der Waals surface area contributed by atoms with Gasteiger partial charge in [-0.3, -0.25) is 10.1 Å². The number of hydrogen-bond acceptors (Lipinski definition) is 6. The van der Waals surface area contributed by atoms with Crippen molar-refractivity contribution in [2.24, 2.45) is 5.10 Å². The Hall–Kier alpha value is -3.52. The highest BCUT2D eigenvalue weighted by Crippen LogP contribution is 2.30. The first kappa shape index (κ1) is 16.6. The highest BCUT2D eigenvalue weighted by molar-refractivity contribution is 7.99. The summed E-state index contributed by atoms with van der Waals surface area (Å²) in [5.74, 6) is 1.31. The second-order valence-corrected chi connectivity index (χ2v) is 7.26. The molecule has 0 N–H and O–H groups in total. The number of fused-ring (bicyclic) bond motifs is 2. The normalized spacial score (nSPS) is 13.2. The molecule has 1 aliphatic rings. The van der Waals surface area contributed by atoms with Crippen LogP contribution in [0.25, 0.3) is 22.2 Å². The first-order valence-corrected chi connectivity index (χ1v) is 9.58. The molecule has 0 unspecified atom stereocenters. The van der Waals surface area contributed by atoms with E-state index in [-0.39, 0.29) is 5.69 Å². The predicted molar refractivity (Wildman–Crippen MR) is 109 cm³/mol. The van der Waals surface area contributed by atoms with Gasteiger partial charge < -0.3 is 0 Å². The van der Waals surface area contributed by atoms with Gasteiger partial charge in [0.25, 0.3) is 5.69 Å². The van der Waals surface area contributed by atoms with Crippen LogP contribution in [0.3, 0.4) is 0 Å². The fourth-order valence-corrected chi connectivity index (χ4v) is 3.99. The van der Waals surface area contributed by atoms with Gasteiger partial charge in [0, 0.05) is 23.4 Å². The van der Waals surface area contributed by atoms with E-state index in [2.05, 4.69) is 34.5 Å². The summed E-state index contributed by atoms with van der Waals surface area (Å²) in [5.41, 5.74) is 2.68. The number of nitro benzene ring substituents is 1. The van der Waals surface area contributed by atoms with Crippen molar-refractivity contribution < 1.29 is 4.92 Å². The van der Waals surface area contributed by atoms with Gasteiger partial charge in [0.05, 0.1) is 10.6 Å². The van der Waals surface area contributed by atoms with E-state index in [0.717, 1.165) is 32.8 Å². The maximum absolute atomic E-state index is 10.9. The minimum absolute atomic E-state index is 0.0645. The van der Waals surface area contributed by atoms with Gasteiger partial charge in [-0.15, -0.1) is 10.2 Å². The first-order chi connectivity index (χ1) is 13.7. The molecular weight excluding hydrogens is 374 g/mol. The number of thioether (sulfide) groups is 1. The third-order valence-electron chi connectivity index (χ3n) is 4.59. The molecule has 0 bridgehead atoms. The van der Waals surface area contributed by atoms with Crippen LogP contribution in [0.2, 0.25) is 0 Å². The molecule has 2 heterocycles. The van der Waals surface area contributed by atoms with Gasteiger partial charge >= 0.3 is 0 Å². The number of nitrogens with zero attached hydrogens (tertiary/aromatic N) is 5. The molecule has 0 radical (unpaired) electrons. The molecule has 0 amide bonds. The largest absolute Gasteiger partial charge is 0.269 e. The summed E-state index contributed by atoms with van der Waals surface area (Å²) in [7, 11) is 0. The van der Waals surface area contributed by atoms with Crippen LogP contribution in [0.1, 0.15) is 5.56 Å². The zero-order chi connectivity index (χ0) is 19.1. The van der Waals surface area contributed by atoms with Crippen molar-refractivity contribution in [3.63, 3.8) is 0 Å². The van der Waals surface area contributed by atoms with Gasteiger partial charge in [-0.1, -0.05) is 48.2 Å². The maximum Gasteiger partial charge on any atom is 0.269 e. The van der Waals surface area contributed by atoms with E-state index in [0.29, 0.717) is 11.6 Å². The molecule has 4 aromatic rings. The zero-order valence-electron chi connectivity index (χ0n) is 14.5. The molecule has 8 heteroatoms. The molecule has 1 aromatic heterocycles. The Bertz CT molecular complexity index is 1250. The van der Waals surface area contributed by atoms with Crippen molar-refractivity contribution in [2.75, 3.05) is 5.75 Å². The molecule has 0 aliphatic carbocycles. The Morgan fingerprint density at radius 3 is 2.46 bits per heavy atom. The molecule has 0 saturated heterocycles. The lowest BCUT2D eigenvalue weighted by Crippen LogP contribution is -2.13. The van der Waals surface area contributed by atoms with E-state index >= 15 is 0 Å². The van der Waals surface area contributed by atoms with Crippen molar-refractivity contribution in [1.29, 1.82) is 0 Å². The minimum Gasteiger partial charge on any atom is -0.258 e. The fraction of sp³-hybridized carbons (Fsp3) is 0.0500. The van der Waals surface area contributed by atoms with Crippen LogP contribution in [-0.2, 0) is 0 Å². The standard InChI is InChI=1S/C20H13N5O2S/c26-25(27)17-9-7-14(8-10-17)18-12-28-20-22-21-19(24(20)23-18)16-6-5-13-3-1-2-4-15(13)11-16/h1-11H,12H2. The van der Waals surface area contributed by atoms with E-state index in [1.165, 1.54) is 12.1 Å². The van der Waals surface area contributed by atoms with Gasteiger partial charge in [-0.05, 0) is 34.5 Å². The smallest absolute Gasteiger partial charge is 0.258 e. The van der Waals surface area contributed by atoms with Crippen molar-refractivity contribution in [2.45, 2.75) is 5.16 Å². The Balaban J connectivity index is 1.56. The summed E-state index contributed by atoms with van der Waals surface area (Å²) < 4.78 is 1.75. The summed E-state index contributed by atoms with van der Waals surface area (Å²) in [6.45, 7) is 0. The molecule has 7 nitrogen and oxygen atoms in total. The highest BCUT2D eigenvalue weighted by Gasteiger charge is 2.21. The van der Waals surface area contributed by atoms with E-state index in [4.69, 9.17) is 5.10 Å². The summed E-state index contributed by atoms with van der Waals surface area (Å²) in [6.07, 6.45) is 0. The molecule has 5 rings (SSSR count). The molecule has 28 heavy (non-hydrogen) atoms. The first-order valence-electron chi connectivity index (χ1n) is 8.59. The number of rotatable bonds is 3.